The number of alkyl halides is 2. The van der Waals surface area contributed by atoms with Gasteiger partial charge in [0.25, 0.3) is 5.91 Å². The van der Waals surface area contributed by atoms with E-state index in [4.69, 9.17) is 0 Å². The van der Waals surface area contributed by atoms with Crippen LogP contribution < -0.4 is 15.0 Å². The van der Waals surface area contributed by atoms with Crippen molar-refractivity contribution in [1.82, 2.24) is 4.98 Å². The molecule has 2 N–H and O–H groups in total. The molecule has 3 aromatic rings. The molecule has 1 heterocycles. The van der Waals surface area contributed by atoms with Crippen LogP contribution in [-0.2, 0) is 11.3 Å². The van der Waals surface area contributed by atoms with Gasteiger partial charge in [-0.2, -0.15) is 8.78 Å². The third-order valence-corrected chi connectivity index (χ3v) is 4.67. The van der Waals surface area contributed by atoms with Gasteiger partial charge in [-0.05, 0) is 24.3 Å². The second-order valence-electron chi connectivity index (χ2n) is 5.81. The Morgan fingerprint density at radius 2 is 1.96 bits per heavy atom. The van der Waals surface area contributed by atoms with Crippen LogP contribution >= 0.6 is 11.3 Å². The van der Waals surface area contributed by atoms with Gasteiger partial charge in [0.1, 0.15) is 17.3 Å². The van der Waals surface area contributed by atoms with Crippen LogP contribution in [0, 0.1) is 0 Å². The Balaban J connectivity index is 1.59. The van der Waals surface area contributed by atoms with Gasteiger partial charge in [-0.25, -0.2) is 4.98 Å². The molecule has 136 valence electrons. The van der Waals surface area contributed by atoms with E-state index in [1.807, 2.05) is 31.3 Å². The maximum Gasteiger partial charge on any atom is 0.387 e. The highest BCUT2D eigenvalue weighted by molar-refractivity contribution is 7.18. The topological polar surface area (TPSA) is 55.7 Å². The third-order valence-electron chi connectivity index (χ3n) is 3.63. The molecule has 0 radical (unpaired) electrons. The summed E-state index contributed by atoms with van der Waals surface area (Å²) in [6.45, 7) is -2.17. The fourth-order valence-corrected chi connectivity index (χ4v) is 3.63. The second-order valence-corrected chi connectivity index (χ2v) is 6.92. The first-order valence-corrected chi connectivity index (χ1v) is 8.82. The Hall–Kier alpha value is -2.58. The molecule has 5 nitrogen and oxygen atoms in total. The third kappa shape index (κ3) is 4.74. The lowest BCUT2D eigenvalue weighted by molar-refractivity contribution is -0.885. The summed E-state index contributed by atoms with van der Waals surface area (Å²) in [5.74, 6) is -0.339. The Morgan fingerprint density at radius 1 is 1.23 bits per heavy atom. The first-order valence-electron chi connectivity index (χ1n) is 8.00. The predicted molar refractivity (Wildman–Crippen MR) is 96.8 cm³/mol. The van der Waals surface area contributed by atoms with E-state index in [9.17, 15) is 13.6 Å². The van der Waals surface area contributed by atoms with Crippen molar-refractivity contribution >= 4 is 33.1 Å². The molecule has 1 unspecified atom stereocenters. The molecule has 26 heavy (non-hydrogen) atoms. The van der Waals surface area contributed by atoms with E-state index in [-0.39, 0.29) is 23.9 Å². The molecule has 8 heteroatoms. The van der Waals surface area contributed by atoms with Crippen LogP contribution in [0.15, 0.2) is 48.5 Å². The summed E-state index contributed by atoms with van der Waals surface area (Å²) in [5.41, 5.74) is 1.17. The zero-order valence-electron chi connectivity index (χ0n) is 14.0. The molecule has 0 spiro atoms. The van der Waals surface area contributed by atoms with E-state index in [0.29, 0.717) is 6.54 Å². The summed E-state index contributed by atoms with van der Waals surface area (Å²) in [4.78, 5) is 17.7. The minimum absolute atomic E-state index is 0.0559. The first-order chi connectivity index (χ1) is 12.5. The van der Waals surface area contributed by atoms with Gasteiger partial charge in [-0.3, -0.25) is 4.79 Å². The molecule has 2 aromatic carbocycles. The van der Waals surface area contributed by atoms with E-state index in [0.717, 1.165) is 20.1 Å². The van der Waals surface area contributed by atoms with E-state index in [2.05, 4.69) is 15.0 Å². The molecule has 0 saturated heterocycles. The SMILES string of the molecule is C[NH+](CC(=O)Nc1ccccc1OC(F)F)Cc1nc2ccccc2s1. The van der Waals surface area contributed by atoms with E-state index >= 15 is 0 Å². The number of nitrogens with one attached hydrogen (secondary N) is 2. The van der Waals surface area contributed by atoms with Crippen molar-refractivity contribution < 1.29 is 23.2 Å². The Labute approximate surface area is 153 Å². The molecule has 0 saturated carbocycles. The molecule has 1 atom stereocenters. The maximum atomic E-state index is 12.4. The number of aromatic nitrogens is 1. The molecular weight excluding hydrogens is 360 g/mol. The predicted octanol–water partition coefficient (Wildman–Crippen LogP) is 2.55. The molecule has 0 aliphatic carbocycles. The van der Waals surface area contributed by atoms with Gasteiger partial charge in [0.15, 0.2) is 6.54 Å². The number of hydrogen-bond donors (Lipinski definition) is 2. The lowest BCUT2D eigenvalue weighted by Crippen LogP contribution is -3.08. The summed E-state index contributed by atoms with van der Waals surface area (Å²) in [6.07, 6.45) is 0. The number of anilines is 1. The zero-order chi connectivity index (χ0) is 18.5. The lowest BCUT2D eigenvalue weighted by Gasteiger charge is -2.14. The van der Waals surface area contributed by atoms with Crippen molar-refractivity contribution in [3.05, 3.63) is 53.5 Å². The minimum Gasteiger partial charge on any atom is -0.433 e. The molecular formula is C18H18F2N3O2S+. The van der Waals surface area contributed by atoms with Crippen LogP contribution in [0.25, 0.3) is 10.2 Å². The van der Waals surface area contributed by atoms with Crippen LogP contribution in [0.1, 0.15) is 5.01 Å². The molecule has 1 aromatic heterocycles. The van der Waals surface area contributed by atoms with Crippen LogP contribution in [-0.4, -0.2) is 31.1 Å². The van der Waals surface area contributed by atoms with Gasteiger partial charge in [0.05, 0.1) is 23.0 Å². The number of thiazole rings is 1. The van der Waals surface area contributed by atoms with E-state index in [1.165, 1.54) is 12.1 Å². The molecule has 0 bridgehead atoms. The highest BCUT2D eigenvalue weighted by Gasteiger charge is 2.16. The number of likely N-dealkylation sites (N-methyl/N-ethyl adjacent to an activating group) is 1. The van der Waals surface area contributed by atoms with E-state index in [1.54, 1.807) is 23.5 Å². The molecule has 0 aliphatic rings. The minimum atomic E-state index is -2.94. The fourth-order valence-electron chi connectivity index (χ4n) is 2.55. The largest absolute Gasteiger partial charge is 0.433 e. The Bertz CT molecular complexity index is 868. The van der Waals surface area contributed by atoms with E-state index < -0.39 is 6.61 Å². The molecule has 1 amide bonds. The van der Waals surface area contributed by atoms with Gasteiger partial charge in [-0.15, -0.1) is 11.3 Å². The number of quaternary nitrogens is 1. The number of carbonyl (C=O) groups is 1. The highest BCUT2D eigenvalue weighted by Crippen LogP contribution is 2.25. The van der Waals surface area contributed by atoms with Crippen LogP contribution in [0.4, 0.5) is 14.5 Å². The number of rotatable bonds is 7. The number of carbonyl (C=O) groups excluding carboxylic acids is 1. The number of benzene rings is 2. The Kier molecular flexibility index (Phi) is 5.75. The summed E-state index contributed by atoms with van der Waals surface area (Å²) < 4.78 is 30.4. The van der Waals surface area contributed by atoms with Crippen molar-refractivity contribution in [1.29, 1.82) is 0 Å². The number of fused-ring (bicyclic) bond motifs is 1. The smallest absolute Gasteiger partial charge is 0.387 e. The lowest BCUT2D eigenvalue weighted by atomic mass is 10.3. The van der Waals surface area contributed by atoms with Gasteiger partial charge in [-0.1, -0.05) is 24.3 Å². The highest BCUT2D eigenvalue weighted by atomic mass is 32.1. The second kappa shape index (κ2) is 8.20. The molecule has 3 rings (SSSR count). The quantitative estimate of drug-likeness (QED) is 0.664. The van der Waals surface area contributed by atoms with Crippen LogP contribution in [0.3, 0.4) is 0 Å². The summed E-state index contributed by atoms with van der Waals surface area (Å²) in [7, 11) is 1.88. The van der Waals surface area contributed by atoms with Crippen LogP contribution in [0.5, 0.6) is 5.75 Å². The number of halogens is 2. The molecule has 0 fully saturated rings. The average Bonchev–Trinajstić information content (AvgIpc) is 2.98. The van der Waals surface area contributed by atoms with Crippen LogP contribution in [0.2, 0.25) is 0 Å². The van der Waals surface area contributed by atoms with Crippen molar-refractivity contribution in [2.45, 2.75) is 13.2 Å². The normalized spacial score (nSPS) is 12.3. The van der Waals surface area contributed by atoms with Gasteiger partial charge in [0.2, 0.25) is 0 Å². The van der Waals surface area contributed by atoms with Crippen molar-refractivity contribution in [2.24, 2.45) is 0 Å². The fraction of sp³-hybridized carbons (Fsp3) is 0.222. The zero-order valence-corrected chi connectivity index (χ0v) is 14.9. The van der Waals surface area contributed by atoms with Crippen molar-refractivity contribution in [3.8, 4) is 5.75 Å². The summed E-state index contributed by atoms with van der Waals surface area (Å²) >= 11 is 1.60. The van der Waals surface area contributed by atoms with Crippen molar-refractivity contribution in [2.75, 3.05) is 18.9 Å². The van der Waals surface area contributed by atoms with Gasteiger partial charge >= 0.3 is 6.61 Å². The number of amides is 1. The van der Waals surface area contributed by atoms with Gasteiger partial charge < -0.3 is 15.0 Å². The molecule has 0 aliphatic heterocycles. The average molecular weight is 378 g/mol. The number of nitrogens with zero attached hydrogens (tertiary/aromatic N) is 1. The number of ether oxygens (including phenoxy) is 1. The van der Waals surface area contributed by atoms with Gasteiger partial charge in [0, 0.05) is 0 Å². The van der Waals surface area contributed by atoms with Crippen molar-refractivity contribution in [3.63, 3.8) is 0 Å². The Morgan fingerprint density at radius 3 is 2.73 bits per heavy atom. The number of para-hydroxylation sites is 3. The summed E-state index contributed by atoms with van der Waals surface area (Å²) in [6, 6.07) is 14.0. The standard InChI is InChI=1S/C18H17F2N3O2S/c1-23(11-17-22-13-7-3-5-9-15(13)26-17)10-16(24)21-12-6-2-4-8-14(12)25-18(19)20/h2-9,18H,10-11H2,1H3,(H,21,24)/p+1. The maximum absolute atomic E-state index is 12.4. The number of hydrogen-bond acceptors (Lipinski definition) is 4. The summed E-state index contributed by atoms with van der Waals surface area (Å²) in [5, 5.41) is 3.57. The first kappa shape index (κ1) is 18.2. The monoisotopic (exact) mass is 378 g/mol.